The van der Waals surface area contributed by atoms with Crippen molar-refractivity contribution < 1.29 is 38.6 Å². The van der Waals surface area contributed by atoms with Gasteiger partial charge in [0.1, 0.15) is 28.8 Å². The zero-order valence-electron chi connectivity index (χ0n) is 38.9. The lowest BCUT2D eigenvalue weighted by molar-refractivity contribution is -0.159. The summed E-state index contributed by atoms with van der Waals surface area (Å²) in [4.78, 5) is 95.3. The van der Waals surface area contributed by atoms with Crippen LogP contribution in [0.2, 0.25) is 0 Å². The van der Waals surface area contributed by atoms with Crippen molar-refractivity contribution >= 4 is 35.4 Å². The number of benzene rings is 2. The molecule has 11 N–H and O–H groups in total. The molecule has 2 aromatic heterocycles. The number of ketones is 1. The number of rotatable bonds is 23. The Morgan fingerprint density at radius 1 is 0.910 bits per heavy atom. The number of esters is 1. The second-order valence-corrected chi connectivity index (χ2v) is 18.4. The van der Waals surface area contributed by atoms with E-state index < -0.39 is 95.0 Å². The van der Waals surface area contributed by atoms with E-state index in [1.165, 1.54) is 12.5 Å². The first-order chi connectivity index (χ1) is 31.9. The van der Waals surface area contributed by atoms with E-state index in [-0.39, 0.29) is 44.8 Å². The molecule has 3 heterocycles. The number of carbonyl (C=O) groups is 6. The number of nitrogens with one attached hydrogen (secondary N) is 6. The molecule has 3 unspecified atom stereocenters. The molecule has 67 heavy (non-hydrogen) atoms. The summed E-state index contributed by atoms with van der Waals surface area (Å²) in [6, 6.07) is 19.1. The topological polar surface area (TPSA) is 286 Å². The molecular weight excluding hydrogens is 857 g/mol. The SMILES string of the molecule is CC[C@H](C)[C@H](NC(=O)CC(O)CC(N)(C(=O)[C@H](Cc1cnc[nH]1)NC(=O)[C@H](Cc1ccccc1)NC(=O)[C@]1(CN)CC(C(=O)OC(C)(C)C)CN1)c1ccccc1)C(=O)NCc1ccccn1. The first kappa shape index (κ1) is 51.6. The molecule has 18 nitrogen and oxygen atoms in total. The van der Waals surface area contributed by atoms with E-state index in [1.807, 2.05) is 19.9 Å². The molecule has 0 saturated carbocycles. The second kappa shape index (κ2) is 23.4. The number of aromatic amines is 1. The van der Waals surface area contributed by atoms with Gasteiger partial charge in [-0.15, -0.1) is 0 Å². The molecule has 1 aliphatic rings. The minimum absolute atomic E-state index is 0.0125. The van der Waals surface area contributed by atoms with E-state index in [2.05, 4.69) is 41.5 Å². The van der Waals surface area contributed by atoms with Gasteiger partial charge in [-0.3, -0.25) is 33.8 Å². The number of carbonyl (C=O) groups excluding carboxylic acids is 6. The lowest BCUT2D eigenvalue weighted by Crippen LogP contribution is -2.63. The number of pyridine rings is 1. The Labute approximate surface area is 391 Å². The number of imidazole rings is 1. The van der Waals surface area contributed by atoms with Crippen LogP contribution in [0.5, 0.6) is 0 Å². The number of H-pyrrole nitrogens is 1. The number of nitrogens with zero attached hydrogens (tertiary/aromatic N) is 2. The van der Waals surface area contributed by atoms with Crippen LogP contribution < -0.4 is 38.1 Å². The summed E-state index contributed by atoms with van der Waals surface area (Å²) < 4.78 is 5.59. The average molecular weight is 923 g/mol. The molecule has 0 radical (unpaired) electrons. The van der Waals surface area contributed by atoms with Gasteiger partial charge in [-0.05, 0) is 56.4 Å². The second-order valence-electron chi connectivity index (χ2n) is 18.4. The van der Waals surface area contributed by atoms with Crippen LogP contribution in [0.15, 0.2) is 97.6 Å². The maximum absolute atomic E-state index is 15.1. The van der Waals surface area contributed by atoms with Gasteiger partial charge in [0.05, 0.1) is 43.1 Å². The Hall–Kier alpha value is -6.34. The standard InChI is InChI=1S/C49H66N10O8/c1-6-31(2)41(44(64)54-28-35-19-13-14-20-53-35)59-40(61)23-37(60)25-49(51,34-17-11-8-12-18-34)42(62)38(22-36-27-52-30-55-36)57-43(63)39(21-32-15-9-7-10-16-32)58-46(66)48(29-50)24-33(26-56-48)45(65)67-47(3,4)5/h7-20,27,30-31,33,37-39,41,56,60H,6,21-26,28-29,50-51H2,1-5H3,(H,52,55)(H,54,64)(H,57,63)(H,58,66)(H,59,61)/t31-,33?,37?,38-,39-,41-,48+,49?/m0/s1. The van der Waals surface area contributed by atoms with Gasteiger partial charge < -0.3 is 52.9 Å². The van der Waals surface area contributed by atoms with Gasteiger partial charge in [0.25, 0.3) is 0 Å². The molecule has 0 spiro atoms. The van der Waals surface area contributed by atoms with Crippen LogP contribution in [0, 0.1) is 11.8 Å². The number of nitrogens with two attached hydrogens (primary N) is 2. The number of aliphatic hydroxyl groups excluding tert-OH is 1. The van der Waals surface area contributed by atoms with Crippen molar-refractivity contribution in [2.45, 2.75) is 121 Å². The van der Waals surface area contributed by atoms with Gasteiger partial charge in [0, 0.05) is 50.4 Å². The predicted octanol–water partition coefficient (Wildman–Crippen LogP) is 1.62. The van der Waals surface area contributed by atoms with E-state index >= 15 is 4.79 Å². The maximum atomic E-state index is 15.1. The predicted molar refractivity (Wildman–Crippen MR) is 250 cm³/mol. The third-order valence-electron chi connectivity index (χ3n) is 12.0. The van der Waals surface area contributed by atoms with Gasteiger partial charge in [-0.25, -0.2) is 4.98 Å². The highest BCUT2D eigenvalue weighted by molar-refractivity contribution is 5.99. The summed E-state index contributed by atoms with van der Waals surface area (Å²) in [6.07, 6.45) is 2.56. The molecule has 0 bridgehead atoms. The van der Waals surface area contributed by atoms with Gasteiger partial charge >= 0.3 is 5.97 Å². The van der Waals surface area contributed by atoms with Crippen LogP contribution in [0.25, 0.3) is 0 Å². The first-order valence-electron chi connectivity index (χ1n) is 22.7. The summed E-state index contributed by atoms with van der Waals surface area (Å²) in [5, 5.41) is 26.0. The summed E-state index contributed by atoms with van der Waals surface area (Å²) >= 11 is 0. The van der Waals surface area contributed by atoms with Crippen LogP contribution in [-0.4, -0.2) is 104 Å². The average Bonchev–Trinajstić information content (AvgIpc) is 4.01. The zero-order chi connectivity index (χ0) is 48.8. The number of aromatic nitrogens is 3. The number of Topliss-reactive ketones (excluding diaryl/α,β-unsaturated/α-hetero) is 1. The zero-order valence-corrected chi connectivity index (χ0v) is 38.9. The van der Waals surface area contributed by atoms with Crippen molar-refractivity contribution in [3.8, 4) is 0 Å². The number of amides is 4. The van der Waals surface area contributed by atoms with Gasteiger partial charge in [-0.1, -0.05) is 87.0 Å². The minimum Gasteiger partial charge on any atom is -0.460 e. The molecule has 18 heteroatoms. The molecular formula is C49H66N10O8. The quantitative estimate of drug-likeness (QED) is 0.0479. The Morgan fingerprint density at radius 2 is 1.60 bits per heavy atom. The van der Waals surface area contributed by atoms with Crippen molar-refractivity contribution in [1.82, 2.24) is 41.5 Å². The Kier molecular flexibility index (Phi) is 18.0. The van der Waals surface area contributed by atoms with Gasteiger partial charge in [-0.2, -0.15) is 0 Å². The fourth-order valence-electron chi connectivity index (χ4n) is 8.10. The highest BCUT2D eigenvalue weighted by atomic mass is 16.6. The lowest BCUT2D eigenvalue weighted by Gasteiger charge is -2.35. The maximum Gasteiger partial charge on any atom is 0.310 e. The highest BCUT2D eigenvalue weighted by Gasteiger charge is 2.49. The summed E-state index contributed by atoms with van der Waals surface area (Å²) in [5.74, 6) is -4.52. The third kappa shape index (κ3) is 14.3. The van der Waals surface area contributed by atoms with Gasteiger partial charge in [0.15, 0.2) is 5.78 Å². The van der Waals surface area contributed by atoms with Gasteiger partial charge in [0.2, 0.25) is 23.6 Å². The van der Waals surface area contributed by atoms with Crippen LogP contribution in [0.3, 0.4) is 0 Å². The van der Waals surface area contributed by atoms with E-state index in [9.17, 15) is 29.1 Å². The Balaban J connectivity index is 1.39. The van der Waals surface area contributed by atoms with E-state index in [0.717, 1.165) is 0 Å². The van der Waals surface area contributed by atoms with E-state index in [1.54, 1.807) is 99.8 Å². The largest absolute Gasteiger partial charge is 0.460 e. The molecule has 1 saturated heterocycles. The minimum atomic E-state index is -1.98. The van der Waals surface area contributed by atoms with Crippen LogP contribution >= 0.6 is 0 Å². The smallest absolute Gasteiger partial charge is 0.310 e. The molecule has 1 fully saturated rings. The Bertz CT molecular complexity index is 2260. The van der Waals surface area contributed by atoms with Crippen LogP contribution in [-0.2, 0) is 58.4 Å². The lowest BCUT2D eigenvalue weighted by atomic mass is 9.77. The molecule has 8 atom stereocenters. The Morgan fingerprint density at radius 3 is 2.21 bits per heavy atom. The molecule has 2 aromatic carbocycles. The molecule has 4 amide bonds. The third-order valence-corrected chi connectivity index (χ3v) is 12.0. The number of aliphatic hydroxyl groups is 1. The number of ether oxygens (including phenoxy) is 1. The fraction of sp³-hybridized carbons (Fsp3) is 0.469. The first-order valence-corrected chi connectivity index (χ1v) is 22.7. The van der Waals surface area contributed by atoms with E-state index in [4.69, 9.17) is 16.2 Å². The molecule has 0 aliphatic carbocycles. The summed E-state index contributed by atoms with van der Waals surface area (Å²) in [7, 11) is 0. The molecule has 1 aliphatic heterocycles. The highest BCUT2D eigenvalue weighted by Crippen LogP contribution is 2.30. The number of hydrogen-bond acceptors (Lipinski definition) is 13. The monoisotopic (exact) mass is 923 g/mol. The van der Waals surface area contributed by atoms with Crippen LogP contribution in [0.1, 0.15) is 82.8 Å². The van der Waals surface area contributed by atoms with Crippen molar-refractivity contribution in [2.75, 3.05) is 13.1 Å². The normalized spacial score (nSPS) is 19.1. The van der Waals surface area contributed by atoms with Crippen LogP contribution in [0.4, 0.5) is 0 Å². The van der Waals surface area contributed by atoms with Crippen molar-refractivity contribution in [1.29, 1.82) is 0 Å². The number of hydrogen-bond donors (Lipinski definition) is 9. The fourth-order valence-corrected chi connectivity index (χ4v) is 8.10. The van der Waals surface area contributed by atoms with Crippen molar-refractivity contribution in [3.05, 3.63) is 120 Å². The molecule has 4 aromatic rings. The van der Waals surface area contributed by atoms with Crippen molar-refractivity contribution in [2.24, 2.45) is 23.3 Å². The van der Waals surface area contributed by atoms with E-state index in [0.29, 0.717) is 28.9 Å². The summed E-state index contributed by atoms with van der Waals surface area (Å²) in [6.45, 7) is 9.06. The van der Waals surface area contributed by atoms with Crippen molar-refractivity contribution in [3.63, 3.8) is 0 Å². The summed E-state index contributed by atoms with van der Waals surface area (Å²) in [5.41, 5.74) is 11.3. The molecule has 360 valence electrons. The molecule has 5 rings (SSSR count).